The zero-order chi connectivity index (χ0) is 19.8. The smallest absolute Gasteiger partial charge is 0.225 e. The van der Waals surface area contributed by atoms with Gasteiger partial charge in [0.15, 0.2) is 11.5 Å². The molecule has 1 N–H and O–H groups in total. The summed E-state index contributed by atoms with van der Waals surface area (Å²) in [5, 5.41) is 2.87. The van der Waals surface area contributed by atoms with Gasteiger partial charge < -0.3 is 14.8 Å². The topological polar surface area (TPSA) is 50.8 Å². The Morgan fingerprint density at radius 2 is 1.89 bits per heavy atom. The number of methoxy groups -OCH3 is 2. The van der Waals surface area contributed by atoms with E-state index in [9.17, 15) is 9.18 Å². The highest BCUT2D eigenvalue weighted by atomic mass is 35.5. The van der Waals surface area contributed by atoms with Gasteiger partial charge >= 0.3 is 0 Å². The molecule has 0 unspecified atom stereocenters. The SMILES string of the molecule is CCN(CCC(=O)Nc1ccc(Cl)cc1F)Cc1ccc(OC)c(OC)c1. The highest BCUT2D eigenvalue weighted by Crippen LogP contribution is 2.28. The second-order valence-electron chi connectivity index (χ2n) is 5.98. The molecule has 0 bridgehead atoms. The van der Waals surface area contributed by atoms with Crippen molar-refractivity contribution in [2.45, 2.75) is 19.9 Å². The number of rotatable bonds is 9. The monoisotopic (exact) mass is 394 g/mol. The third-order valence-electron chi connectivity index (χ3n) is 4.16. The lowest BCUT2D eigenvalue weighted by atomic mass is 10.2. The summed E-state index contributed by atoms with van der Waals surface area (Å²) in [5.74, 6) is 0.547. The second-order valence-corrected chi connectivity index (χ2v) is 6.42. The summed E-state index contributed by atoms with van der Waals surface area (Å²) in [6, 6.07) is 9.91. The number of carbonyl (C=O) groups excluding carboxylic acids is 1. The predicted octanol–water partition coefficient (Wildman–Crippen LogP) is 4.35. The molecule has 2 aromatic carbocycles. The van der Waals surface area contributed by atoms with Crippen molar-refractivity contribution in [1.82, 2.24) is 4.90 Å². The number of anilines is 1. The van der Waals surface area contributed by atoms with Crippen molar-refractivity contribution >= 4 is 23.2 Å². The van der Waals surface area contributed by atoms with E-state index in [1.807, 2.05) is 25.1 Å². The van der Waals surface area contributed by atoms with E-state index in [1.165, 1.54) is 18.2 Å². The number of hydrogen-bond acceptors (Lipinski definition) is 4. The summed E-state index contributed by atoms with van der Waals surface area (Å²) >= 11 is 5.72. The maximum absolute atomic E-state index is 13.8. The van der Waals surface area contributed by atoms with Gasteiger partial charge in [0.25, 0.3) is 0 Å². The van der Waals surface area contributed by atoms with E-state index in [4.69, 9.17) is 21.1 Å². The number of benzene rings is 2. The third kappa shape index (κ3) is 6.12. The molecule has 0 fully saturated rings. The Labute approximate surface area is 164 Å². The summed E-state index contributed by atoms with van der Waals surface area (Å²) in [5.41, 5.74) is 1.19. The third-order valence-corrected chi connectivity index (χ3v) is 4.40. The molecular formula is C20H24ClFN2O3. The molecular weight excluding hydrogens is 371 g/mol. The first kappa shape index (κ1) is 21.0. The minimum atomic E-state index is -0.548. The minimum absolute atomic E-state index is 0.132. The van der Waals surface area contributed by atoms with Crippen LogP contribution in [-0.2, 0) is 11.3 Å². The van der Waals surface area contributed by atoms with Gasteiger partial charge in [0, 0.05) is 24.5 Å². The molecule has 7 heteroatoms. The molecule has 0 aliphatic heterocycles. The molecule has 2 rings (SSSR count). The van der Waals surface area contributed by atoms with Crippen molar-refractivity contribution in [2.75, 3.05) is 32.6 Å². The fourth-order valence-electron chi connectivity index (χ4n) is 2.65. The van der Waals surface area contributed by atoms with E-state index in [0.717, 1.165) is 12.1 Å². The van der Waals surface area contributed by atoms with Gasteiger partial charge in [-0.3, -0.25) is 9.69 Å². The molecule has 0 radical (unpaired) electrons. The first-order chi connectivity index (χ1) is 13.0. The van der Waals surface area contributed by atoms with Crippen LogP contribution in [0.15, 0.2) is 36.4 Å². The van der Waals surface area contributed by atoms with Crippen molar-refractivity contribution in [2.24, 2.45) is 0 Å². The van der Waals surface area contributed by atoms with E-state index >= 15 is 0 Å². The molecule has 1 amide bonds. The average Bonchev–Trinajstić information content (AvgIpc) is 2.67. The lowest BCUT2D eigenvalue weighted by Crippen LogP contribution is -2.27. The largest absolute Gasteiger partial charge is 0.493 e. The van der Waals surface area contributed by atoms with Crippen LogP contribution in [0.2, 0.25) is 5.02 Å². The Kier molecular flexibility index (Phi) is 7.88. The normalized spacial score (nSPS) is 10.7. The average molecular weight is 395 g/mol. The Bertz CT molecular complexity index is 786. The van der Waals surface area contributed by atoms with E-state index in [1.54, 1.807) is 14.2 Å². The van der Waals surface area contributed by atoms with Crippen molar-refractivity contribution in [3.8, 4) is 11.5 Å². The van der Waals surface area contributed by atoms with Crippen molar-refractivity contribution in [1.29, 1.82) is 0 Å². The van der Waals surface area contributed by atoms with E-state index in [0.29, 0.717) is 24.6 Å². The molecule has 0 spiro atoms. The molecule has 0 saturated carbocycles. The maximum atomic E-state index is 13.8. The highest BCUT2D eigenvalue weighted by Gasteiger charge is 2.12. The number of halogens is 2. The van der Waals surface area contributed by atoms with Crippen LogP contribution >= 0.6 is 11.6 Å². The molecule has 0 aliphatic rings. The summed E-state index contributed by atoms with van der Waals surface area (Å²) in [6.07, 6.45) is 0.253. The van der Waals surface area contributed by atoms with Crippen LogP contribution in [0, 0.1) is 5.82 Å². The molecule has 0 aliphatic carbocycles. The van der Waals surface area contributed by atoms with Crippen molar-refractivity contribution < 1.29 is 18.7 Å². The number of carbonyl (C=O) groups is 1. The number of amides is 1. The van der Waals surface area contributed by atoms with E-state index in [-0.39, 0.29) is 23.0 Å². The van der Waals surface area contributed by atoms with Gasteiger partial charge in [-0.05, 0) is 42.4 Å². The Hall–Kier alpha value is -2.31. The standard InChI is InChI=1S/C20H24ClFN2O3/c1-4-24(13-14-5-8-18(26-2)19(11-14)27-3)10-9-20(25)23-17-7-6-15(21)12-16(17)22/h5-8,11-12H,4,9-10,13H2,1-3H3,(H,23,25). The van der Waals surface area contributed by atoms with Gasteiger partial charge in [-0.2, -0.15) is 0 Å². The fourth-order valence-corrected chi connectivity index (χ4v) is 2.81. The number of ether oxygens (including phenoxy) is 2. The molecule has 2 aromatic rings. The first-order valence-electron chi connectivity index (χ1n) is 8.65. The van der Waals surface area contributed by atoms with Crippen LogP contribution in [0.5, 0.6) is 11.5 Å². The van der Waals surface area contributed by atoms with Gasteiger partial charge in [-0.25, -0.2) is 4.39 Å². The fraction of sp³-hybridized carbons (Fsp3) is 0.350. The van der Waals surface area contributed by atoms with Crippen molar-refractivity contribution in [3.05, 3.63) is 52.8 Å². The van der Waals surface area contributed by atoms with Gasteiger partial charge in [0.05, 0.1) is 19.9 Å². The zero-order valence-electron chi connectivity index (χ0n) is 15.7. The first-order valence-corrected chi connectivity index (χ1v) is 9.02. The maximum Gasteiger partial charge on any atom is 0.225 e. The number of hydrogen-bond donors (Lipinski definition) is 1. The number of nitrogens with one attached hydrogen (secondary N) is 1. The van der Waals surface area contributed by atoms with Gasteiger partial charge in [-0.15, -0.1) is 0 Å². The Morgan fingerprint density at radius 1 is 1.15 bits per heavy atom. The van der Waals surface area contributed by atoms with Crippen LogP contribution in [0.3, 0.4) is 0 Å². The Morgan fingerprint density at radius 3 is 2.52 bits per heavy atom. The summed E-state index contributed by atoms with van der Waals surface area (Å²) in [7, 11) is 3.19. The number of nitrogens with zero attached hydrogens (tertiary/aromatic N) is 1. The lowest BCUT2D eigenvalue weighted by molar-refractivity contribution is -0.116. The van der Waals surface area contributed by atoms with Crippen LogP contribution < -0.4 is 14.8 Å². The van der Waals surface area contributed by atoms with Crippen LogP contribution in [0.4, 0.5) is 10.1 Å². The van der Waals surface area contributed by atoms with E-state index in [2.05, 4.69) is 10.2 Å². The van der Waals surface area contributed by atoms with Crippen LogP contribution in [0.25, 0.3) is 0 Å². The highest BCUT2D eigenvalue weighted by molar-refractivity contribution is 6.30. The molecule has 0 saturated heterocycles. The molecule has 0 atom stereocenters. The summed E-state index contributed by atoms with van der Waals surface area (Å²) < 4.78 is 24.3. The van der Waals surface area contributed by atoms with Crippen LogP contribution in [0.1, 0.15) is 18.9 Å². The lowest BCUT2D eigenvalue weighted by Gasteiger charge is -2.21. The zero-order valence-corrected chi connectivity index (χ0v) is 16.5. The molecule has 146 valence electrons. The van der Waals surface area contributed by atoms with Gasteiger partial charge in [0.2, 0.25) is 5.91 Å². The van der Waals surface area contributed by atoms with Crippen LogP contribution in [-0.4, -0.2) is 38.1 Å². The summed E-state index contributed by atoms with van der Waals surface area (Å²) in [6.45, 7) is 4.01. The minimum Gasteiger partial charge on any atom is -0.493 e. The quantitative estimate of drug-likeness (QED) is 0.687. The second kappa shape index (κ2) is 10.1. The summed E-state index contributed by atoms with van der Waals surface area (Å²) in [4.78, 5) is 14.3. The van der Waals surface area contributed by atoms with Gasteiger partial charge in [0.1, 0.15) is 5.82 Å². The Balaban J connectivity index is 1.92. The molecule has 27 heavy (non-hydrogen) atoms. The predicted molar refractivity (Wildman–Crippen MR) is 105 cm³/mol. The molecule has 5 nitrogen and oxygen atoms in total. The molecule has 0 aromatic heterocycles. The van der Waals surface area contributed by atoms with Gasteiger partial charge in [-0.1, -0.05) is 24.6 Å². The molecule has 0 heterocycles. The van der Waals surface area contributed by atoms with Crippen molar-refractivity contribution in [3.63, 3.8) is 0 Å². The van der Waals surface area contributed by atoms with E-state index < -0.39 is 5.82 Å².